The lowest BCUT2D eigenvalue weighted by atomic mass is 9.94. The Bertz CT molecular complexity index is 383. The Labute approximate surface area is 107 Å². The number of rotatable bonds is 5. The van der Waals surface area contributed by atoms with Crippen LogP contribution in [-0.4, -0.2) is 27.2 Å². The lowest BCUT2D eigenvalue weighted by Crippen LogP contribution is -2.41. The van der Waals surface area contributed by atoms with E-state index in [0.29, 0.717) is 11.0 Å². The van der Waals surface area contributed by atoms with Crippen LogP contribution in [0.1, 0.15) is 38.1 Å². The summed E-state index contributed by atoms with van der Waals surface area (Å²) in [4.78, 5) is 8.60. The summed E-state index contributed by atoms with van der Waals surface area (Å²) in [6.45, 7) is 7.86. The average Bonchev–Trinajstić information content (AvgIpc) is 2.33. The first-order valence-corrected chi connectivity index (χ1v) is 6.25. The van der Waals surface area contributed by atoms with Gasteiger partial charge in [0.1, 0.15) is 0 Å². The van der Waals surface area contributed by atoms with Gasteiger partial charge in [0.05, 0.1) is 23.5 Å². The normalized spacial score (nSPS) is 11.6. The number of aromatic nitrogens is 2. The Morgan fingerprint density at radius 3 is 2.18 bits per heavy atom. The Kier molecular flexibility index (Phi) is 4.71. The third-order valence-electron chi connectivity index (χ3n) is 3.30. The van der Waals surface area contributed by atoms with Crippen molar-refractivity contribution in [3.05, 3.63) is 16.5 Å². The number of hydrogen-bond donors (Lipinski definition) is 2. The molecule has 0 aliphatic heterocycles. The fourth-order valence-electron chi connectivity index (χ4n) is 1.60. The van der Waals surface area contributed by atoms with Crippen molar-refractivity contribution in [1.82, 2.24) is 9.97 Å². The fraction of sp³-hybridized carbons (Fsp3) is 0.667. The summed E-state index contributed by atoms with van der Waals surface area (Å²) in [5.74, 6) is 0.549. The molecule has 0 saturated carbocycles. The van der Waals surface area contributed by atoms with E-state index >= 15 is 0 Å². The molecule has 0 radical (unpaired) electrons. The summed E-state index contributed by atoms with van der Waals surface area (Å²) in [5, 5.41) is 13.1. The van der Waals surface area contributed by atoms with Crippen LogP contribution in [0, 0.1) is 13.8 Å². The molecule has 1 rings (SSSR count). The number of aryl methyl sites for hydroxylation is 2. The Hall–Kier alpha value is -0.870. The molecule has 0 aliphatic rings. The highest BCUT2D eigenvalue weighted by atomic mass is 35.5. The molecule has 0 fully saturated rings. The summed E-state index contributed by atoms with van der Waals surface area (Å²) < 4.78 is 0. The summed E-state index contributed by atoms with van der Waals surface area (Å²) >= 11 is 6.06. The van der Waals surface area contributed by atoms with E-state index in [2.05, 4.69) is 15.3 Å². The molecular formula is C12H20ClN3O. The molecule has 0 aromatic carbocycles. The molecule has 96 valence electrons. The van der Waals surface area contributed by atoms with Crippen LogP contribution in [0.2, 0.25) is 5.15 Å². The Morgan fingerprint density at radius 1 is 1.18 bits per heavy atom. The summed E-state index contributed by atoms with van der Waals surface area (Å²) in [7, 11) is 0. The predicted octanol–water partition coefficient (Wildman–Crippen LogP) is 2.71. The van der Waals surface area contributed by atoms with Crippen molar-refractivity contribution in [3.63, 3.8) is 0 Å². The van der Waals surface area contributed by atoms with Gasteiger partial charge < -0.3 is 10.4 Å². The van der Waals surface area contributed by atoms with Gasteiger partial charge in [-0.2, -0.15) is 0 Å². The van der Waals surface area contributed by atoms with Gasteiger partial charge in [0, 0.05) is 0 Å². The van der Waals surface area contributed by atoms with Crippen molar-refractivity contribution in [2.45, 2.75) is 46.1 Å². The molecule has 0 spiro atoms. The number of aliphatic hydroxyl groups excluding tert-OH is 1. The van der Waals surface area contributed by atoms with Crippen molar-refractivity contribution < 1.29 is 5.11 Å². The van der Waals surface area contributed by atoms with E-state index in [1.165, 1.54) is 0 Å². The molecule has 0 atom stereocenters. The minimum absolute atomic E-state index is 0.0466. The first-order chi connectivity index (χ1) is 7.98. The quantitative estimate of drug-likeness (QED) is 0.852. The van der Waals surface area contributed by atoms with Crippen LogP contribution in [0.3, 0.4) is 0 Å². The molecule has 5 heteroatoms. The van der Waals surface area contributed by atoms with E-state index in [0.717, 1.165) is 24.2 Å². The number of hydrogen-bond acceptors (Lipinski definition) is 4. The van der Waals surface area contributed by atoms with E-state index in [-0.39, 0.29) is 12.1 Å². The molecule has 1 aromatic heterocycles. The topological polar surface area (TPSA) is 58.0 Å². The highest BCUT2D eigenvalue weighted by Crippen LogP contribution is 2.25. The largest absolute Gasteiger partial charge is 0.394 e. The van der Waals surface area contributed by atoms with Gasteiger partial charge in [-0.15, -0.1) is 0 Å². The fourth-order valence-corrected chi connectivity index (χ4v) is 1.81. The van der Waals surface area contributed by atoms with E-state index in [1.54, 1.807) is 0 Å². The molecule has 0 bridgehead atoms. The number of halogens is 1. The van der Waals surface area contributed by atoms with E-state index in [1.807, 2.05) is 27.7 Å². The van der Waals surface area contributed by atoms with E-state index < -0.39 is 0 Å². The zero-order valence-electron chi connectivity index (χ0n) is 10.8. The van der Waals surface area contributed by atoms with Crippen molar-refractivity contribution >= 4 is 17.4 Å². The van der Waals surface area contributed by atoms with Crippen molar-refractivity contribution in [2.24, 2.45) is 0 Å². The minimum Gasteiger partial charge on any atom is -0.394 e. The number of anilines is 1. The van der Waals surface area contributed by atoms with Crippen LogP contribution in [0.25, 0.3) is 0 Å². The van der Waals surface area contributed by atoms with Gasteiger partial charge in [0.2, 0.25) is 0 Å². The van der Waals surface area contributed by atoms with Crippen LogP contribution in [-0.2, 0) is 0 Å². The van der Waals surface area contributed by atoms with Gasteiger partial charge in [-0.05, 0) is 26.7 Å². The first-order valence-electron chi connectivity index (χ1n) is 5.87. The highest BCUT2D eigenvalue weighted by Gasteiger charge is 2.26. The van der Waals surface area contributed by atoms with Gasteiger partial charge in [-0.1, -0.05) is 25.4 Å². The SMILES string of the molecule is CCC(CC)(CO)Nc1nc(C)c(C)nc1Cl. The zero-order valence-corrected chi connectivity index (χ0v) is 11.6. The van der Waals surface area contributed by atoms with E-state index in [9.17, 15) is 5.11 Å². The highest BCUT2D eigenvalue weighted by molar-refractivity contribution is 6.31. The van der Waals surface area contributed by atoms with Crippen molar-refractivity contribution in [3.8, 4) is 0 Å². The second-order valence-electron chi connectivity index (χ2n) is 4.30. The Balaban J connectivity index is 3.05. The maximum atomic E-state index is 9.50. The monoisotopic (exact) mass is 257 g/mol. The lowest BCUT2D eigenvalue weighted by Gasteiger charge is -2.31. The smallest absolute Gasteiger partial charge is 0.171 e. The summed E-state index contributed by atoms with van der Waals surface area (Å²) in [6, 6.07) is 0. The van der Waals surface area contributed by atoms with Crippen LogP contribution < -0.4 is 5.32 Å². The third kappa shape index (κ3) is 3.07. The second-order valence-corrected chi connectivity index (χ2v) is 4.66. The lowest BCUT2D eigenvalue weighted by molar-refractivity contribution is 0.202. The van der Waals surface area contributed by atoms with Crippen LogP contribution in [0.4, 0.5) is 5.82 Å². The van der Waals surface area contributed by atoms with E-state index in [4.69, 9.17) is 11.6 Å². The number of nitrogens with one attached hydrogen (secondary N) is 1. The molecule has 17 heavy (non-hydrogen) atoms. The van der Waals surface area contributed by atoms with Crippen LogP contribution in [0.5, 0.6) is 0 Å². The molecular weight excluding hydrogens is 238 g/mol. The van der Waals surface area contributed by atoms with Crippen LogP contribution in [0.15, 0.2) is 0 Å². The van der Waals surface area contributed by atoms with Gasteiger partial charge in [-0.3, -0.25) is 0 Å². The molecule has 1 heterocycles. The average molecular weight is 258 g/mol. The van der Waals surface area contributed by atoms with Crippen molar-refractivity contribution in [2.75, 3.05) is 11.9 Å². The van der Waals surface area contributed by atoms with Gasteiger partial charge in [-0.25, -0.2) is 9.97 Å². The minimum atomic E-state index is -0.375. The predicted molar refractivity (Wildman–Crippen MR) is 70.5 cm³/mol. The molecule has 0 saturated heterocycles. The van der Waals surface area contributed by atoms with Gasteiger partial charge in [0.15, 0.2) is 11.0 Å². The summed E-state index contributed by atoms with van der Waals surface area (Å²) in [6.07, 6.45) is 1.59. The third-order valence-corrected chi connectivity index (χ3v) is 3.57. The molecule has 2 N–H and O–H groups in total. The second kappa shape index (κ2) is 5.65. The van der Waals surface area contributed by atoms with Crippen LogP contribution >= 0.6 is 11.6 Å². The first kappa shape index (κ1) is 14.2. The zero-order chi connectivity index (χ0) is 13.1. The number of nitrogens with zero attached hydrogens (tertiary/aromatic N) is 2. The van der Waals surface area contributed by atoms with Crippen molar-refractivity contribution in [1.29, 1.82) is 0 Å². The molecule has 0 aliphatic carbocycles. The molecule has 0 amide bonds. The standard InChI is InChI=1S/C12H20ClN3O/c1-5-12(6-2,7-17)16-11-10(13)14-8(3)9(4)15-11/h17H,5-7H2,1-4H3,(H,15,16). The molecule has 0 unspecified atom stereocenters. The molecule has 1 aromatic rings. The van der Waals surface area contributed by atoms with Gasteiger partial charge in [0.25, 0.3) is 0 Å². The Morgan fingerprint density at radius 2 is 1.71 bits per heavy atom. The summed E-state index contributed by atoms with van der Waals surface area (Å²) in [5.41, 5.74) is 1.29. The maximum Gasteiger partial charge on any atom is 0.171 e. The van der Waals surface area contributed by atoms with Gasteiger partial charge >= 0.3 is 0 Å². The number of aliphatic hydroxyl groups is 1. The molecule has 4 nitrogen and oxygen atoms in total. The maximum absolute atomic E-state index is 9.50.